The van der Waals surface area contributed by atoms with Crippen LogP contribution in [0.2, 0.25) is 0 Å². The first-order valence-corrected chi connectivity index (χ1v) is 28.1. The summed E-state index contributed by atoms with van der Waals surface area (Å²) in [4.78, 5) is 38.0. The van der Waals surface area contributed by atoms with E-state index in [4.69, 9.17) is 14.2 Å². The molecule has 0 saturated carbocycles. The molecule has 0 fully saturated rings. The summed E-state index contributed by atoms with van der Waals surface area (Å²) in [6.45, 7) is 6.45. The van der Waals surface area contributed by atoms with Crippen LogP contribution in [0.25, 0.3) is 0 Å². The summed E-state index contributed by atoms with van der Waals surface area (Å²) in [6.07, 6.45) is 71.6. The zero-order valence-corrected chi connectivity index (χ0v) is 43.9. The molecule has 0 aromatic heterocycles. The number of esters is 3. The van der Waals surface area contributed by atoms with E-state index in [0.717, 1.165) is 83.5 Å². The molecule has 384 valence electrons. The van der Waals surface area contributed by atoms with E-state index in [1.165, 1.54) is 135 Å². The van der Waals surface area contributed by atoms with E-state index < -0.39 is 6.10 Å². The molecule has 0 heterocycles. The minimum atomic E-state index is -0.809. The molecule has 0 rings (SSSR count). The smallest absolute Gasteiger partial charge is 0.306 e. The Morgan fingerprint density at radius 1 is 0.313 bits per heavy atom. The Kier molecular flexibility index (Phi) is 52.4. The predicted octanol–water partition coefficient (Wildman–Crippen LogP) is 18.8. The second-order valence-corrected chi connectivity index (χ2v) is 18.5. The van der Waals surface area contributed by atoms with Gasteiger partial charge >= 0.3 is 17.9 Å². The first-order valence-electron chi connectivity index (χ1n) is 28.1. The predicted molar refractivity (Wildman–Crippen MR) is 288 cm³/mol. The summed E-state index contributed by atoms with van der Waals surface area (Å²) in [5.41, 5.74) is 0. The highest BCUT2D eigenvalue weighted by atomic mass is 16.6. The standard InChI is InChI=1S/C61H104O6/c1-4-7-10-13-16-19-22-25-27-28-29-30-31-32-34-36-39-42-45-48-51-54-60(63)66-57-58(56-65-59(62)53-50-47-44-41-38-35-24-21-18-15-12-9-6-3)67-61(64)55-52-49-46-43-40-37-33-26-23-20-17-14-11-8-5-2/h9,12,18,21-22,25,28-29,31-32,35,38,44,47,58H,4-8,10-11,13-17,19-20,23-24,26-27,30,33-34,36-37,39-43,45-46,48-57H2,1-3H3/b12-9-,21-18-,25-22-,29-28-,32-31-,38-35-,47-44-. The Balaban J connectivity index is 4.43. The molecule has 1 unspecified atom stereocenters. The van der Waals surface area contributed by atoms with Gasteiger partial charge in [-0.2, -0.15) is 0 Å². The number of allylic oxidation sites excluding steroid dienone is 14. The molecule has 0 amide bonds. The van der Waals surface area contributed by atoms with Crippen LogP contribution in [0.1, 0.15) is 265 Å². The number of hydrogen-bond acceptors (Lipinski definition) is 6. The van der Waals surface area contributed by atoms with Crippen LogP contribution < -0.4 is 0 Å². The summed E-state index contributed by atoms with van der Waals surface area (Å²) in [5, 5.41) is 0. The number of ether oxygens (including phenoxy) is 3. The van der Waals surface area contributed by atoms with Gasteiger partial charge in [-0.05, 0) is 83.5 Å². The fourth-order valence-electron chi connectivity index (χ4n) is 7.70. The third kappa shape index (κ3) is 53.4. The monoisotopic (exact) mass is 933 g/mol. The first-order chi connectivity index (χ1) is 33.0. The molecule has 0 aliphatic rings. The third-order valence-corrected chi connectivity index (χ3v) is 11.9. The van der Waals surface area contributed by atoms with Gasteiger partial charge in [0, 0.05) is 19.3 Å². The minimum Gasteiger partial charge on any atom is -0.462 e. The molecular weight excluding hydrogens is 829 g/mol. The van der Waals surface area contributed by atoms with Crippen molar-refractivity contribution in [1.82, 2.24) is 0 Å². The molecule has 0 spiro atoms. The van der Waals surface area contributed by atoms with Gasteiger partial charge in [-0.3, -0.25) is 14.4 Å². The number of carbonyl (C=O) groups is 3. The van der Waals surface area contributed by atoms with Crippen molar-refractivity contribution >= 4 is 17.9 Å². The van der Waals surface area contributed by atoms with Crippen molar-refractivity contribution in [2.75, 3.05) is 13.2 Å². The second kappa shape index (κ2) is 55.2. The Hall–Kier alpha value is -3.41. The Bertz CT molecular complexity index is 1300. The molecule has 0 saturated heterocycles. The Labute approximate surface area is 414 Å². The van der Waals surface area contributed by atoms with Crippen molar-refractivity contribution in [2.24, 2.45) is 0 Å². The maximum atomic E-state index is 12.8. The average Bonchev–Trinajstić information content (AvgIpc) is 3.33. The molecule has 0 N–H and O–H groups in total. The van der Waals surface area contributed by atoms with Crippen LogP contribution in [-0.4, -0.2) is 37.2 Å². The maximum Gasteiger partial charge on any atom is 0.306 e. The van der Waals surface area contributed by atoms with Crippen molar-refractivity contribution < 1.29 is 28.6 Å². The van der Waals surface area contributed by atoms with Gasteiger partial charge in [-0.25, -0.2) is 0 Å². The third-order valence-electron chi connectivity index (χ3n) is 11.9. The van der Waals surface area contributed by atoms with E-state index in [9.17, 15) is 14.4 Å². The van der Waals surface area contributed by atoms with E-state index in [2.05, 4.69) is 99.8 Å². The van der Waals surface area contributed by atoms with Crippen LogP contribution in [0.3, 0.4) is 0 Å². The van der Waals surface area contributed by atoms with Crippen molar-refractivity contribution in [3.8, 4) is 0 Å². The average molecular weight is 933 g/mol. The summed E-state index contributed by atoms with van der Waals surface area (Å²) >= 11 is 0. The van der Waals surface area contributed by atoms with Crippen LogP contribution in [0.15, 0.2) is 85.1 Å². The quantitative estimate of drug-likeness (QED) is 0.0262. The van der Waals surface area contributed by atoms with Gasteiger partial charge in [-0.15, -0.1) is 0 Å². The first kappa shape index (κ1) is 63.6. The molecule has 0 aliphatic heterocycles. The zero-order chi connectivity index (χ0) is 48.6. The molecule has 0 aliphatic carbocycles. The lowest BCUT2D eigenvalue weighted by molar-refractivity contribution is -0.166. The van der Waals surface area contributed by atoms with Gasteiger partial charge in [0.05, 0.1) is 0 Å². The Morgan fingerprint density at radius 3 is 1.00 bits per heavy atom. The zero-order valence-electron chi connectivity index (χ0n) is 43.9. The van der Waals surface area contributed by atoms with Gasteiger partial charge in [0.2, 0.25) is 0 Å². The Morgan fingerprint density at radius 2 is 0.612 bits per heavy atom. The van der Waals surface area contributed by atoms with Crippen molar-refractivity contribution in [2.45, 2.75) is 271 Å². The number of rotatable bonds is 50. The molecule has 6 nitrogen and oxygen atoms in total. The van der Waals surface area contributed by atoms with Crippen LogP contribution >= 0.6 is 0 Å². The maximum absolute atomic E-state index is 12.8. The summed E-state index contributed by atoms with van der Waals surface area (Å²) in [7, 11) is 0. The van der Waals surface area contributed by atoms with Gasteiger partial charge in [0.15, 0.2) is 6.10 Å². The van der Waals surface area contributed by atoms with Crippen LogP contribution in [0, 0.1) is 0 Å². The topological polar surface area (TPSA) is 78.9 Å². The normalized spacial score (nSPS) is 12.7. The number of carbonyl (C=O) groups excluding carboxylic acids is 3. The van der Waals surface area contributed by atoms with Gasteiger partial charge < -0.3 is 14.2 Å². The highest BCUT2D eigenvalue weighted by Crippen LogP contribution is 2.15. The molecule has 0 aromatic rings. The van der Waals surface area contributed by atoms with Gasteiger partial charge in [0.25, 0.3) is 0 Å². The number of unbranched alkanes of at least 4 members (excludes halogenated alkanes) is 25. The van der Waals surface area contributed by atoms with E-state index in [0.29, 0.717) is 19.3 Å². The lowest BCUT2D eigenvalue weighted by Crippen LogP contribution is -2.30. The van der Waals surface area contributed by atoms with Crippen LogP contribution in [-0.2, 0) is 28.6 Å². The largest absolute Gasteiger partial charge is 0.462 e. The SMILES string of the molecule is CC/C=C\C/C=C\C/C=C\C/C=C\CCC(=O)OCC(COC(=O)CCCCCCCC/C=C\C/C=C\C/C=C\CCCCCCC)OC(=O)CCCCCCCCCCCCCCCCC. The van der Waals surface area contributed by atoms with Crippen molar-refractivity contribution in [3.05, 3.63) is 85.1 Å². The molecule has 0 aromatic carbocycles. The van der Waals surface area contributed by atoms with Crippen LogP contribution in [0.5, 0.6) is 0 Å². The molecule has 67 heavy (non-hydrogen) atoms. The number of hydrogen-bond donors (Lipinski definition) is 0. The fourth-order valence-corrected chi connectivity index (χ4v) is 7.70. The van der Waals surface area contributed by atoms with E-state index in [-0.39, 0.29) is 37.5 Å². The molecule has 6 heteroatoms. The lowest BCUT2D eigenvalue weighted by Gasteiger charge is -2.18. The minimum absolute atomic E-state index is 0.104. The molecular formula is C61H104O6. The summed E-state index contributed by atoms with van der Waals surface area (Å²) < 4.78 is 16.8. The van der Waals surface area contributed by atoms with Crippen LogP contribution in [0.4, 0.5) is 0 Å². The second-order valence-electron chi connectivity index (χ2n) is 18.5. The fraction of sp³-hybridized carbons (Fsp3) is 0.721. The van der Waals surface area contributed by atoms with E-state index >= 15 is 0 Å². The van der Waals surface area contributed by atoms with Crippen molar-refractivity contribution in [3.63, 3.8) is 0 Å². The highest BCUT2D eigenvalue weighted by molar-refractivity contribution is 5.71. The highest BCUT2D eigenvalue weighted by Gasteiger charge is 2.19. The van der Waals surface area contributed by atoms with Crippen molar-refractivity contribution in [1.29, 1.82) is 0 Å². The van der Waals surface area contributed by atoms with E-state index in [1.807, 2.05) is 6.08 Å². The molecule has 0 bridgehead atoms. The molecule has 0 radical (unpaired) electrons. The van der Waals surface area contributed by atoms with Gasteiger partial charge in [0.1, 0.15) is 13.2 Å². The lowest BCUT2D eigenvalue weighted by atomic mass is 10.0. The summed E-state index contributed by atoms with van der Waals surface area (Å²) in [5.74, 6) is -0.995. The summed E-state index contributed by atoms with van der Waals surface area (Å²) in [6, 6.07) is 0. The van der Waals surface area contributed by atoms with E-state index in [1.54, 1.807) is 0 Å². The molecule has 1 atom stereocenters. The van der Waals surface area contributed by atoms with Gasteiger partial charge in [-0.1, -0.05) is 247 Å².